The Morgan fingerprint density at radius 1 is 1.33 bits per heavy atom. The summed E-state index contributed by atoms with van der Waals surface area (Å²) in [6, 6.07) is 3.16. The summed E-state index contributed by atoms with van der Waals surface area (Å²) in [5.41, 5.74) is 6.28. The first-order chi connectivity index (χ1) is 10.0. The molecular weight excluding hydrogens is 292 g/mol. The van der Waals surface area contributed by atoms with E-state index in [1.807, 2.05) is 0 Å². The third-order valence-corrected chi connectivity index (χ3v) is 2.78. The van der Waals surface area contributed by atoms with Gasteiger partial charge in [-0.1, -0.05) is 12.2 Å². The second-order valence-corrected chi connectivity index (χ2v) is 4.58. The number of hydrogen-bond donors (Lipinski definition) is 3. The molecule has 0 atom stereocenters. The Labute approximate surface area is 128 Å². The van der Waals surface area contributed by atoms with Crippen molar-refractivity contribution in [1.82, 2.24) is 15.6 Å². The molecule has 0 aliphatic carbocycles. The zero-order valence-corrected chi connectivity index (χ0v) is 12.5. The van der Waals surface area contributed by atoms with E-state index in [-0.39, 0.29) is 35.5 Å². The van der Waals surface area contributed by atoms with Gasteiger partial charge >= 0.3 is 0 Å². The first kappa shape index (κ1) is 17.0. The van der Waals surface area contributed by atoms with Gasteiger partial charge in [-0.15, -0.1) is 0 Å². The monoisotopic (exact) mass is 310 g/mol. The summed E-state index contributed by atoms with van der Waals surface area (Å²) in [7, 11) is 1.56. The average Bonchev–Trinajstić information content (AvgIpc) is 2.47. The van der Waals surface area contributed by atoms with Crippen LogP contribution in [0.1, 0.15) is 22.5 Å². The van der Waals surface area contributed by atoms with Gasteiger partial charge in [0.15, 0.2) is 0 Å². The topological polar surface area (TPSA) is 106 Å². The molecule has 0 saturated heterocycles. The summed E-state index contributed by atoms with van der Waals surface area (Å²) in [5.74, 6) is -0.502. The van der Waals surface area contributed by atoms with Gasteiger partial charge in [0.25, 0.3) is 5.91 Å². The van der Waals surface area contributed by atoms with Crippen molar-refractivity contribution in [2.45, 2.75) is 6.42 Å². The van der Waals surface area contributed by atoms with Crippen molar-refractivity contribution >= 4 is 29.0 Å². The summed E-state index contributed by atoms with van der Waals surface area (Å²) in [6.07, 6.45) is 1.63. The fourth-order valence-electron chi connectivity index (χ4n) is 1.43. The molecule has 0 fully saturated rings. The molecule has 4 N–H and O–H groups in total. The largest absolute Gasteiger partial charge is 0.389 e. The summed E-state index contributed by atoms with van der Waals surface area (Å²) in [5, 5.41) is 5.27. The van der Waals surface area contributed by atoms with E-state index in [9.17, 15) is 9.59 Å². The number of pyridine rings is 1. The lowest BCUT2D eigenvalue weighted by Crippen LogP contribution is -2.32. The Balaban J connectivity index is 2.33. The Hall–Kier alpha value is -2.06. The standard InChI is InChI=1S/C13H18N4O3S/c1-20-7-6-15-11(18)4-5-16-13(19)10-3-2-9(8-17-10)12(14)21/h2-3,8H,4-7H2,1H3,(H2,14,21)(H,15,18)(H,16,19). The van der Waals surface area contributed by atoms with E-state index in [0.717, 1.165) is 0 Å². The van der Waals surface area contributed by atoms with Gasteiger partial charge < -0.3 is 21.1 Å². The number of thiocarbonyl (C=S) groups is 1. The summed E-state index contributed by atoms with van der Waals surface area (Å²) in [4.78, 5) is 27.4. The van der Waals surface area contributed by atoms with Crippen LogP contribution in [0.15, 0.2) is 18.3 Å². The minimum Gasteiger partial charge on any atom is -0.389 e. The number of amides is 2. The molecule has 7 nitrogen and oxygen atoms in total. The van der Waals surface area contributed by atoms with Gasteiger partial charge in [-0.3, -0.25) is 14.6 Å². The van der Waals surface area contributed by atoms with Crippen molar-refractivity contribution in [3.8, 4) is 0 Å². The van der Waals surface area contributed by atoms with Crippen LogP contribution in [0.2, 0.25) is 0 Å². The third-order valence-electron chi connectivity index (χ3n) is 2.55. The van der Waals surface area contributed by atoms with Gasteiger partial charge in [-0.2, -0.15) is 0 Å². The molecule has 1 heterocycles. The van der Waals surface area contributed by atoms with Crippen LogP contribution in [-0.4, -0.2) is 48.6 Å². The van der Waals surface area contributed by atoms with Crippen molar-refractivity contribution < 1.29 is 14.3 Å². The third kappa shape index (κ3) is 6.28. The highest BCUT2D eigenvalue weighted by Gasteiger charge is 2.08. The molecule has 0 aromatic carbocycles. The number of carbonyl (C=O) groups excluding carboxylic acids is 2. The lowest BCUT2D eigenvalue weighted by atomic mass is 10.2. The first-order valence-electron chi connectivity index (χ1n) is 6.34. The molecule has 8 heteroatoms. The Morgan fingerprint density at radius 3 is 2.67 bits per heavy atom. The molecule has 0 spiro atoms. The summed E-state index contributed by atoms with van der Waals surface area (Å²) >= 11 is 4.80. The number of carbonyl (C=O) groups is 2. The van der Waals surface area contributed by atoms with Gasteiger partial charge in [-0.25, -0.2) is 0 Å². The molecule has 1 aromatic rings. The van der Waals surface area contributed by atoms with Gasteiger partial charge in [0.2, 0.25) is 5.91 Å². The fourth-order valence-corrected chi connectivity index (χ4v) is 1.56. The van der Waals surface area contributed by atoms with E-state index in [1.54, 1.807) is 13.2 Å². The fraction of sp³-hybridized carbons (Fsp3) is 0.385. The number of hydrogen-bond acceptors (Lipinski definition) is 5. The minimum atomic E-state index is -0.353. The van der Waals surface area contributed by atoms with Crippen molar-refractivity contribution in [2.24, 2.45) is 5.73 Å². The summed E-state index contributed by atoms with van der Waals surface area (Å²) < 4.78 is 4.81. The van der Waals surface area contributed by atoms with Crippen LogP contribution in [0.25, 0.3) is 0 Å². The molecule has 0 aliphatic heterocycles. The molecule has 0 bridgehead atoms. The van der Waals surface area contributed by atoms with E-state index in [4.69, 9.17) is 22.7 Å². The van der Waals surface area contributed by atoms with Crippen LogP contribution in [0.5, 0.6) is 0 Å². The van der Waals surface area contributed by atoms with E-state index >= 15 is 0 Å². The predicted molar refractivity (Wildman–Crippen MR) is 82.0 cm³/mol. The van der Waals surface area contributed by atoms with Gasteiger partial charge in [0.05, 0.1) is 6.61 Å². The molecule has 0 radical (unpaired) electrons. The number of rotatable bonds is 8. The van der Waals surface area contributed by atoms with Crippen molar-refractivity contribution in [1.29, 1.82) is 0 Å². The normalized spacial score (nSPS) is 9.95. The first-order valence-corrected chi connectivity index (χ1v) is 6.75. The van der Waals surface area contributed by atoms with E-state index in [0.29, 0.717) is 18.7 Å². The van der Waals surface area contributed by atoms with Crippen LogP contribution in [0.4, 0.5) is 0 Å². The Bertz CT molecular complexity index is 505. The maximum Gasteiger partial charge on any atom is 0.269 e. The molecule has 1 rings (SSSR count). The quantitative estimate of drug-likeness (QED) is 0.445. The molecule has 114 valence electrons. The highest BCUT2D eigenvalue weighted by Crippen LogP contribution is 2.00. The van der Waals surface area contributed by atoms with Crippen molar-refractivity contribution in [3.05, 3.63) is 29.6 Å². The molecule has 0 saturated carbocycles. The van der Waals surface area contributed by atoms with E-state index in [1.165, 1.54) is 12.3 Å². The highest BCUT2D eigenvalue weighted by molar-refractivity contribution is 7.80. The zero-order chi connectivity index (χ0) is 15.7. The van der Waals surface area contributed by atoms with Gasteiger partial charge in [-0.05, 0) is 12.1 Å². The number of nitrogens with one attached hydrogen (secondary N) is 2. The molecule has 1 aromatic heterocycles. The average molecular weight is 310 g/mol. The van der Waals surface area contributed by atoms with Crippen LogP contribution in [0, 0.1) is 0 Å². The maximum absolute atomic E-state index is 11.8. The van der Waals surface area contributed by atoms with E-state index < -0.39 is 0 Å². The highest BCUT2D eigenvalue weighted by atomic mass is 32.1. The van der Waals surface area contributed by atoms with Crippen molar-refractivity contribution in [3.63, 3.8) is 0 Å². The Kier molecular flexibility index (Phi) is 7.27. The number of aromatic nitrogens is 1. The van der Waals surface area contributed by atoms with Crippen LogP contribution in [-0.2, 0) is 9.53 Å². The molecule has 0 aliphatic rings. The van der Waals surface area contributed by atoms with Crippen LogP contribution < -0.4 is 16.4 Å². The summed E-state index contributed by atoms with van der Waals surface area (Å²) in [6.45, 7) is 1.14. The predicted octanol–water partition coefficient (Wildman–Crippen LogP) is -0.402. The zero-order valence-electron chi connectivity index (χ0n) is 11.7. The maximum atomic E-state index is 11.8. The van der Waals surface area contributed by atoms with Crippen LogP contribution >= 0.6 is 12.2 Å². The smallest absolute Gasteiger partial charge is 0.269 e. The van der Waals surface area contributed by atoms with Crippen LogP contribution in [0.3, 0.4) is 0 Å². The lowest BCUT2D eigenvalue weighted by Gasteiger charge is -2.06. The second-order valence-electron chi connectivity index (χ2n) is 4.15. The van der Waals surface area contributed by atoms with E-state index in [2.05, 4.69) is 15.6 Å². The molecule has 0 unspecified atom stereocenters. The second kappa shape index (κ2) is 8.98. The van der Waals surface area contributed by atoms with Gasteiger partial charge in [0, 0.05) is 38.4 Å². The Morgan fingerprint density at radius 2 is 2.10 bits per heavy atom. The van der Waals surface area contributed by atoms with Gasteiger partial charge in [0.1, 0.15) is 10.7 Å². The molecular formula is C13H18N4O3S. The number of methoxy groups -OCH3 is 1. The van der Waals surface area contributed by atoms with Crippen molar-refractivity contribution in [2.75, 3.05) is 26.8 Å². The number of ether oxygens (including phenoxy) is 1. The number of nitrogens with zero attached hydrogens (tertiary/aromatic N) is 1. The lowest BCUT2D eigenvalue weighted by molar-refractivity contribution is -0.121. The molecule has 2 amide bonds. The molecule has 21 heavy (non-hydrogen) atoms. The number of nitrogens with two attached hydrogens (primary N) is 1. The minimum absolute atomic E-state index is 0.149. The SMILES string of the molecule is COCCNC(=O)CCNC(=O)c1ccc(C(N)=S)cn1.